The van der Waals surface area contributed by atoms with Crippen LogP contribution in [0.15, 0.2) is 18.2 Å². The molecule has 1 nitrogen and oxygen atoms in total. The quantitative estimate of drug-likeness (QED) is 0.704. The molecule has 0 N–H and O–H groups in total. The van der Waals surface area contributed by atoms with Gasteiger partial charge in [-0.15, -0.1) is 0 Å². The molecule has 0 aromatic heterocycles. The Morgan fingerprint density at radius 3 is 2.50 bits per heavy atom. The Bertz CT molecular complexity index is 374. The Hall–Kier alpha value is -1.36. The van der Waals surface area contributed by atoms with Crippen LogP contribution in [0.4, 0.5) is 4.39 Å². The van der Waals surface area contributed by atoms with Gasteiger partial charge in [-0.25, -0.2) is 4.39 Å². The number of aryl methyl sites for hydroxylation is 1. The molecule has 0 heterocycles. The lowest BCUT2D eigenvalue weighted by molar-refractivity contribution is 0.610. The molecule has 0 saturated heterocycles. The van der Waals surface area contributed by atoms with Crippen molar-refractivity contribution in [3.8, 4) is 6.07 Å². The standard InChI is InChI=1S/C12H14FN/c1-4-9-5-10(7-11(13)6-9)12(2,3)8-14/h5-7H,4H2,1-3H3. The molecule has 0 atom stereocenters. The van der Waals surface area contributed by atoms with Crippen LogP contribution in [0.2, 0.25) is 0 Å². The Morgan fingerprint density at radius 1 is 1.36 bits per heavy atom. The molecule has 0 amide bonds. The van der Waals surface area contributed by atoms with Crippen molar-refractivity contribution in [1.82, 2.24) is 0 Å². The van der Waals surface area contributed by atoms with Gasteiger partial charge in [0.05, 0.1) is 11.5 Å². The molecule has 0 fully saturated rings. The zero-order valence-corrected chi connectivity index (χ0v) is 8.76. The van der Waals surface area contributed by atoms with E-state index >= 15 is 0 Å². The third kappa shape index (κ3) is 2.11. The minimum atomic E-state index is -0.619. The normalized spacial score (nSPS) is 11.1. The lowest BCUT2D eigenvalue weighted by Gasteiger charge is -2.16. The SMILES string of the molecule is CCc1cc(F)cc(C(C)(C)C#N)c1. The maximum absolute atomic E-state index is 13.2. The highest BCUT2D eigenvalue weighted by atomic mass is 19.1. The van der Waals surface area contributed by atoms with E-state index in [4.69, 9.17) is 5.26 Å². The first kappa shape index (κ1) is 10.7. The third-order valence-electron chi connectivity index (χ3n) is 2.37. The van der Waals surface area contributed by atoms with E-state index in [1.807, 2.05) is 13.0 Å². The van der Waals surface area contributed by atoms with Crippen molar-refractivity contribution in [3.63, 3.8) is 0 Å². The molecular weight excluding hydrogens is 177 g/mol. The Labute approximate surface area is 84.2 Å². The van der Waals surface area contributed by atoms with E-state index in [0.29, 0.717) is 0 Å². The zero-order valence-electron chi connectivity index (χ0n) is 8.76. The first-order valence-corrected chi connectivity index (χ1v) is 4.71. The summed E-state index contributed by atoms with van der Waals surface area (Å²) in [4.78, 5) is 0. The maximum Gasteiger partial charge on any atom is 0.123 e. The van der Waals surface area contributed by atoms with E-state index in [-0.39, 0.29) is 5.82 Å². The number of rotatable bonds is 2. The summed E-state index contributed by atoms with van der Waals surface area (Å²) in [5.74, 6) is -0.261. The van der Waals surface area contributed by atoms with E-state index < -0.39 is 5.41 Å². The molecule has 0 aliphatic rings. The number of halogens is 1. The number of hydrogen-bond donors (Lipinski definition) is 0. The lowest BCUT2D eigenvalue weighted by Crippen LogP contribution is -2.14. The van der Waals surface area contributed by atoms with E-state index in [1.165, 1.54) is 12.1 Å². The molecule has 1 aromatic carbocycles. The first-order valence-electron chi connectivity index (χ1n) is 4.71. The summed E-state index contributed by atoms with van der Waals surface area (Å²) >= 11 is 0. The highest BCUT2D eigenvalue weighted by Gasteiger charge is 2.20. The summed E-state index contributed by atoms with van der Waals surface area (Å²) in [5.41, 5.74) is 1.06. The van der Waals surface area contributed by atoms with Gasteiger partial charge in [0.15, 0.2) is 0 Å². The first-order chi connectivity index (χ1) is 6.49. The fourth-order valence-corrected chi connectivity index (χ4v) is 1.28. The van der Waals surface area contributed by atoms with Gasteiger partial charge >= 0.3 is 0 Å². The predicted octanol–water partition coefficient (Wildman–Crippen LogP) is 3.19. The predicted molar refractivity (Wildman–Crippen MR) is 54.4 cm³/mol. The van der Waals surface area contributed by atoms with E-state index in [0.717, 1.165) is 17.5 Å². The molecule has 1 aromatic rings. The van der Waals surface area contributed by atoms with E-state index in [9.17, 15) is 4.39 Å². The molecule has 1 rings (SSSR count). The minimum Gasteiger partial charge on any atom is -0.207 e. The van der Waals surface area contributed by atoms with Gasteiger partial charge in [0, 0.05) is 0 Å². The summed E-state index contributed by atoms with van der Waals surface area (Å²) in [6.07, 6.45) is 0.784. The van der Waals surface area contributed by atoms with Gasteiger partial charge in [0.2, 0.25) is 0 Å². The van der Waals surface area contributed by atoms with E-state index in [2.05, 4.69) is 6.07 Å². The molecule has 14 heavy (non-hydrogen) atoms. The monoisotopic (exact) mass is 191 g/mol. The van der Waals surface area contributed by atoms with Crippen molar-refractivity contribution >= 4 is 0 Å². The average molecular weight is 191 g/mol. The van der Waals surface area contributed by atoms with Gasteiger partial charge in [0.1, 0.15) is 5.82 Å². The zero-order chi connectivity index (χ0) is 10.8. The van der Waals surface area contributed by atoms with Crippen molar-refractivity contribution < 1.29 is 4.39 Å². The van der Waals surface area contributed by atoms with Crippen LogP contribution in [0.3, 0.4) is 0 Å². The molecule has 74 valence electrons. The number of hydrogen-bond acceptors (Lipinski definition) is 1. The third-order valence-corrected chi connectivity index (χ3v) is 2.37. The topological polar surface area (TPSA) is 23.8 Å². The smallest absolute Gasteiger partial charge is 0.123 e. The van der Waals surface area contributed by atoms with Crippen LogP contribution < -0.4 is 0 Å². The minimum absolute atomic E-state index is 0.261. The second-order valence-electron chi connectivity index (χ2n) is 3.94. The molecular formula is C12H14FN. The largest absolute Gasteiger partial charge is 0.207 e. The maximum atomic E-state index is 13.2. The Morgan fingerprint density at radius 2 is 2.00 bits per heavy atom. The van der Waals surface area contributed by atoms with Gasteiger partial charge in [-0.2, -0.15) is 5.26 Å². The van der Waals surface area contributed by atoms with Gasteiger partial charge in [0.25, 0.3) is 0 Å². The van der Waals surface area contributed by atoms with Crippen molar-refractivity contribution in [1.29, 1.82) is 5.26 Å². The summed E-state index contributed by atoms with van der Waals surface area (Å²) in [6, 6.07) is 7.01. The van der Waals surface area contributed by atoms with E-state index in [1.54, 1.807) is 13.8 Å². The summed E-state index contributed by atoms with van der Waals surface area (Å²) in [5, 5.41) is 8.93. The van der Waals surface area contributed by atoms with Crippen molar-refractivity contribution in [2.24, 2.45) is 0 Å². The fraction of sp³-hybridized carbons (Fsp3) is 0.417. The molecule has 0 radical (unpaired) electrons. The molecule has 0 saturated carbocycles. The molecule has 2 heteroatoms. The van der Waals surface area contributed by atoms with Crippen molar-refractivity contribution in [3.05, 3.63) is 35.1 Å². The number of nitrogens with zero attached hydrogens (tertiary/aromatic N) is 1. The lowest BCUT2D eigenvalue weighted by atomic mass is 9.85. The van der Waals surface area contributed by atoms with Crippen molar-refractivity contribution in [2.45, 2.75) is 32.6 Å². The number of nitriles is 1. The summed E-state index contributed by atoms with van der Waals surface area (Å²) in [7, 11) is 0. The molecule has 0 aliphatic heterocycles. The summed E-state index contributed by atoms with van der Waals surface area (Å²) < 4.78 is 13.2. The van der Waals surface area contributed by atoms with Crippen LogP contribution in [-0.2, 0) is 11.8 Å². The Balaban J connectivity index is 3.24. The average Bonchev–Trinajstić information content (AvgIpc) is 2.16. The van der Waals surface area contributed by atoms with Crippen LogP contribution in [0, 0.1) is 17.1 Å². The van der Waals surface area contributed by atoms with Gasteiger partial charge in [-0.3, -0.25) is 0 Å². The fourth-order valence-electron chi connectivity index (χ4n) is 1.28. The molecule has 0 aliphatic carbocycles. The molecule has 0 unspecified atom stereocenters. The van der Waals surface area contributed by atoms with Gasteiger partial charge < -0.3 is 0 Å². The van der Waals surface area contributed by atoms with Crippen LogP contribution in [0.25, 0.3) is 0 Å². The Kier molecular flexibility index (Phi) is 2.90. The second-order valence-corrected chi connectivity index (χ2v) is 3.94. The highest BCUT2D eigenvalue weighted by molar-refractivity contribution is 5.34. The molecule has 0 bridgehead atoms. The van der Waals surface area contributed by atoms with Gasteiger partial charge in [-0.05, 0) is 43.5 Å². The van der Waals surface area contributed by atoms with Crippen LogP contribution in [0.5, 0.6) is 0 Å². The van der Waals surface area contributed by atoms with Crippen LogP contribution in [-0.4, -0.2) is 0 Å². The van der Waals surface area contributed by atoms with Gasteiger partial charge in [-0.1, -0.05) is 13.0 Å². The molecule has 0 spiro atoms. The summed E-state index contributed by atoms with van der Waals surface area (Å²) in [6.45, 7) is 5.56. The van der Waals surface area contributed by atoms with Crippen LogP contribution in [0.1, 0.15) is 31.9 Å². The van der Waals surface area contributed by atoms with Crippen LogP contribution >= 0.6 is 0 Å². The highest BCUT2D eigenvalue weighted by Crippen LogP contribution is 2.24. The van der Waals surface area contributed by atoms with Crippen molar-refractivity contribution in [2.75, 3.05) is 0 Å². The second kappa shape index (κ2) is 3.79. The number of benzene rings is 1.